The normalized spacial score (nSPS) is 11.8. The molecular weight excluding hydrogens is 476 g/mol. The maximum atomic E-state index is 4.85. The van der Waals surface area contributed by atoms with Gasteiger partial charge in [-0.05, 0) is 36.4 Å². The van der Waals surface area contributed by atoms with Gasteiger partial charge in [-0.3, -0.25) is 0 Å². The van der Waals surface area contributed by atoms with E-state index in [0.29, 0.717) is 5.84 Å². The molecule has 0 bridgehead atoms. The highest BCUT2D eigenvalue weighted by Crippen LogP contribution is 2.24. The molecule has 0 atom stereocenters. The predicted octanol–water partition coefficient (Wildman–Crippen LogP) is 7.04. The fourth-order valence-electron chi connectivity index (χ4n) is 3.92. The molecule has 37 heavy (non-hydrogen) atoms. The quantitative estimate of drug-likeness (QED) is 0.152. The summed E-state index contributed by atoms with van der Waals surface area (Å²) in [6.45, 7) is 0. The van der Waals surface area contributed by atoms with Crippen LogP contribution in [0.3, 0.4) is 0 Å². The summed E-state index contributed by atoms with van der Waals surface area (Å²) in [5.41, 5.74) is 5.53. The Hall–Kier alpha value is -4.88. The van der Waals surface area contributed by atoms with Gasteiger partial charge in [0.15, 0.2) is 10.8 Å². The summed E-state index contributed by atoms with van der Waals surface area (Å²) >= 11 is 1.58. The molecule has 2 heterocycles. The highest BCUT2D eigenvalue weighted by Gasteiger charge is 2.13. The number of nitrogens with one attached hydrogen (secondary N) is 1. The Morgan fingerprint density at radius 1 is 0.784 bits per heavy atom. The molecule has 0 radical (unpaired) electrons. The number of benzene rings is 4. The first-order valence-corrected chi connectivity index (χ1v) is 12.6. The van der Waals surface area contributed by atoms with Crippen LogP contribution in [0.25, 0.3) is 27.2 Å². The third-order valence-electron chi connectivity index (χ3n) is 5.70. The molecule has 178 valence electrons. The van der Waals surface area contributed by atoms with Crippen LogP contribution >= 0.6 is 11.3 Å². The molecule has 6 nitrogen and oxygen atoms in total. The van der Waals surface area contributed by atoms with E-state index >= 15 is 0 Å². The number of para-hydroxylation sites is 3. The topological polar surface area (TPSA) is 67.5 Å². The monoisotopic (exact) mass is 498 g/mol. The number of aromatic nitrogens is 3. The van der Waals surface area contributed by atoms with Crippen LogP contribution in [0.4, 0.5) is 5.69 Å². The molecule has 0 spiro atoms. The summed E-state index contributed by atoms with van der Waals surface area (Å²) in [6.07, 6.45) is 3.72. The Balaban J connectivity index is 1.39. The van der Waals surface area contributed by atoms with Crippen LogP contribution in [-0.4, -0.2) is 26.8 Å². The van der Waals surface area contributed by atoms with Crippen LogP contribution in [0.5, 0.6) is 0 Å². The molecule has 6 aromatic rings. The number of fused-ring (bicyclic) bond motifs is 1. The second-order valence-electron chi connectivity index (χ2n) is 8.25. The van der Waals surface area contributed by atoms with E-state index in [4.69, 9.17) is 10.1 Å². The average molecular weight is 499 g/mol. The molecule has 0 aliphatic carbocycles. The Labute approximate surface area is 218 Å². The van der Waals surface area contributed by atoms with Gasteiger partial charge in [0.1, 0.15) is 5.69 Å². The highest BCUT2D eigenvalue weighted by molar-refractivity contribution is 7.20. The van der Waals surface area contributed by atoms with Crippen molar-refractivity contribution in [1.82, 2.24) is 14.8 Å². The van der Waals surface area contributed by atoms with Gasteiger partial charge in [-0.25, -0.2) is 9.67 Å². The standard InChI is InChI=1S/C30H22N6S/c1-4-12-22(13-5-1)28-23(21-36(35-28)25-16-8-3-9-17-25)20-31-34-29(32-24-14-6-2-7-15-24)30-33-26-18-10-11-19-27(26)37-30/h1-21H,(H,32,34). The lowest BCUT2D eigenvalue weighted by molar-refractivity contribution is 0.884. The molecule has 6 rings (SSSR count). The molecule has 0 aliphatic heterocycles. The van der Waals surface area contributed by atoms with E-state index in [0.717, 1.165) is 43.4 Å². The second-order valence-corrected chi connectivity index (χ2v) is 9.28. The summed E-state index contributed by atoms with van der Waals surface area (Å²) in [5, 5.41) is 18.1. The molecule has 0 saturated carbocycles. The third kappa shape index (κ3) is 5.07. The number of hydrogen-bond acceptors (Lipinski definition) is 5. The van der Waals surface area contributed by atoms with Crippen molar-refractivity contribution in [3.8, 4) is 16.9 Å². The summed E-state index contributed by atoms with van der Waals surface area (Å²) in [5.74, 6) is 0.584. The minimum Gasteiger partial charge on any atom is -0.336 e. The second kappa shape index (κ2) is 10.4. The molecule has 0 fully saturated rings. The SMILES string of the molecule is C(=NN=C(Nc1ccccc1)c1nc2ccccc2s1)c1cn(-c2ccccc2)nc1-c1ccccc1. The largest absolute Gasteiger partial charge is 0.336 e. The van der Waals surface area contributed by atoms with E-state index in [-0.39, 0.29) is 0 Å². The van der Waals surface area contributed by atoms with Gasteiger partial charge in [-0.2, -0.15) is 10.2 Å². The summed E-state index contributed by atoms with van der Waals surface area (Å²) in [4.78, 5) is 4.78. The van der Waals surface area contributed by atoms with E-state index in [1.54, 1.807) is 17.6 Å². The van der Waals surface area contributed by atoms with Crippen LogP contribution in [0.1, 0.15) is 10.6 Å². The molecular formula is C30H22N6S. The van der Waals surface area contributed by atoms with Crippen LogP contribution in [-0.2, 0) is 0 Å². The molecule has 0 saturated heterocycles. The summed E-state index contributed by atoms with van der Waals surface area (Å²) < 4.78 is 2.96. The zero-order valence-electron chi connectivity index (χ0n) is 19.8. The first-order chi connectivity index (χ1) is 18.3. The van der Waals surface area contributed by atoms with Crippen molar-refractivity contribution < 1.29 is 0 Å². The Morgan fingerprint density at radius 3 is 2.22 bits per heavy atom. The highest BCUT2D eigenvalue weighted by atomic mass is 32.1. The van der Waals surface area contributed by atoms with Crippen molar-refractivity contribution in [2.45, 2.75) is 0 Å². The van der Waals surface area contributed by atoms with Crippen LogP contribution < -0.4 is 5.32 Å². The van der Waals surface area contributed by atoms with E-state index in [9.17, 15) is 0 Å². The number of nitrogens with zero attached hydrogens (tertiary/aromatic N) is 5. The first-order valence-electron chi connectivity index (χ1n) is 11.8. The number of thiazole rings is 1. The lowest BCUT2D eigenvalue weighted by Gasteiger charge is -2.05. The van der Waals surface area contributed by atoms with Crippen molar-refractivity contribution in [1.29, 1.82) is 0 Å². The minimum absolute atomic E-state index is 0.584. The van der Waals surface area contributed by atoms with Crippen molar-refractivity contribution in [2.24, 2.45) is 10.2 Å². The maximum absolute atomic E-state index is 4.85. The van der Waals surface area contributed by atoms with Crippen molar-refractivity contribution >= 4 is 39.3 Å². The maximum Gasteiger partial charge on any atom is 0.189 e. The number of anilines is 1. The van der Waals surface area contributed by atoms with Crippen LogP contribution in [0.15, 0.2) is 132 Å². The Morgan fingerprint density at radius 2 is 1.46 bits per heavy atom. The summed E-state index contributed by atoms with van der Waals surface area (Å²) in [7, 11) is 0. The van der Waals surface area contributed by atoms with E-state index in [1.807, 2.05) is 120 Å². The molecule has 0 amide bonds. The van der Waals surface area contributed by atoms with Gasteiger partial charge in [-0.1, -0.05) is 78.9 Å². The zero-order valence-corrected chi connectivity index (χ0v) is 20.6. The fourth-order valence-corrected chi connectivity index (χ4v) is 4.82. The fraction of sp³-hybridized carbons (Fsp3) is 0. The smallest absolute Gasteiger partial charge is 0.189 e. The molecule has 0 unspecified atom stereocenters. The van der Waals surface area contributed by atoms with Crippen molar-refractivity contribution in [2.75, 3.05) is 5.32 Å². The van der Waals surface area contributed by atoms with Crippen LogP contribution in [0, 0.1) is 0 Å². The van der Waals surface area contributed by atoms with Crippen molar-refractivity contribution in [3.63, 3.8) is 0 Å². The van der Waals surface area contributed by atoms with Gasteiger partial charge >= 0.3 is 0 Å². The average Bonchev–Trinajstić information content (AvgIpc) is 3.59. The van der Waals surface area contributed by atoms with E-state index in [1.165, 1.54) is 0 Å². The molecule has 1 N–H and O–H groups in total. The Bertz CT molecular complexity index is 1650. The molecule has 4 aromatic carbocycles. The van der Waals surface area contributed by atoms with Gasteiger partial charge in [0, 0.05) is 23.0 Å². The van der Waals surface area contributed by atoms with E-state index < -0.39 is 0 Å². The first kappa shape index (κ1) is 22.6. The zero-order chi connectivity index (χ0) is 24.9. The van der Waals surface area contributed by atoms with Gasteiger partial charge < -0.3 is 5.32 Å². The number of amidine groups is 1. The van der Waals surface area contributed by atoms with Crippen LogP contribution in [0.2, 0.25) is 0 Å². The minimum atomic E-state index is 0.584. The van der Waals surface area contributed by atoms with Gasteiger partial charge in [0.05, 0.1) is 22.1 Å². The lowest BCUT2D eigenvalue weighted by Crippen LogP contribution is -2.13. The molecule has 7 heteroatoms. The van der Waals surface area contributed by atoms with Crippen molar-refractivity contribution in [3.05, 3.63) is 132 Å². The lowest BCUT2D eigenvalue weighted by atomic mass is 10.1. The molecule has 2 aromatic heterocycles. The predicted molar refractivity (Wildman–Crippen MR) is 153 cm³/mol. The van der Waals surface area contributed by atoms with Gasteiger partial charge in [-0.15, -0.1) is 16.4 Å². The summed E-state index contributed by atoms with van der Waals surface area (Å²) in [6, 6.07) is 38.1. The Kier molecular flexibility index (Phi) is 6.34. The van der Waals surface area contributed by atoms with Gasteiger partial charge in [0.25, 0.3) is 0 Å². The third-order valence-corrected chi connectivity index (χ3v) is 6.74. The number of hydrogen-bond donors (Lipinski definition) is 1. The molecule has 0 aliphatic rings. The van der Waals surface area contributed by atoms with Gasteiger partial charge in [0.2, 0.25) is 0 Å². The van der Waals surface area contributed by atoms with E-state index in [2.05, 4.69) is 21.6 Å². The number of rotatable bonds is 6.